The Morgan fingerprint density at radius 1 is 1.20 bits per heavy atom. The Morgan fingerprint density at radius 2 is 1.88 bits per heavy atom. The van der Waals surface area contributed by atoms with Crippen LogP contribution < -0.4 is 5.73 Å². The first-order valence-corrected chi connectivity index (χ1v) is 8.21. The minimum absolute atomic E-state index is 0. The molecule has 25 heavy (non-hydrogen) atoms. The zero-order chi connectivity index (χ0) is 16.9. The van der Waals surface area contributed by atoms with Gasteiger partial charge in [0.1, 0.15) is 0 Å². The number of rotatable bonds is 5. The molecule has 0 saturated carbocycles. The third-order valence-corrected chi connectivity index (χ3v) is 4.25. The Kier molecular flexibility index (Phi) is 6.92. The molecule has 1 aliphatic heterocycles. The highest BCUT2D eigenvalue weighted by Crippen LogP contribution is 2.10. The maximum Gasteiger partial charge on any atom is 0.240 e. The molecule has 1 saturated heterocycles. The lowest BCUT2D eigenvalue weighted by Crippen LogP contribution is -2.48. The highest BCUT2D eigenvalue weighted by Gasteiger charge is 2.22. The number of halogens is 1. The Balaban J connectivity index is 0.00000225. The van der Waals surface area contributed by atoms with Crippen molar-refractivity contribution in [2.75, 3.05) is 26.2 Å². The van der Waals surface area contributed by atoms with Gasteiger partial charge in [-0.1, -0.05) is 35.0 Å². The minimum Gasteiger partial charge on any atom is -0.340 e. The van der Waals surface area contributed by atoms with Crippen LogP contribution in [-0.2, 0) is 24.3 Å². The van der Waals surface area contributed by atoms with Gasteiger partial charge in [0.25, 0.3) is 0 Å². The molecule has 8 heteroatoms. The Morgan fingerprint density at radius 3 is 2.48 bits per heavy atom. The molecule has 0 spiro atoms. The van der Waals surface area contributed by atoms with Gasteiger partial charge < -0.3 is 15.2 Å². The summed E-state index contributed by atoms with van der Waals surface area (Å²) in [6, 6.07) is 8.13. The molecule has 2 N–H and O–H groups in total. The van der Waals surface area contributed by atoms with E-state index in [1.54, 1.807) is 0 Å². The summed E-state index contributed by atoms with van der Waals surface area (Å²) in [7, 11) is 0. The normalized spacial score (nSPS) is 15.0. The number of nitrogens with zero attached hydrogens (tertiary/aromatic N) is 4. The van der Waals surface area contributed by atoms with E-state index in [1.165, 1.54) is 5.56 Å². The Hall–Kier alpha value is -1.96. The number of piperazine rings is 1. The topological polar surface area (TPSA) is 88.5 Å². The first-order chi connectivity index (χ1) is 11.6. The van der Waals surface area contributed by atoms with Gasteiger partial charge in [-0.3, -0.25) is 9.69 Å². The second-order valence-corrected chi connectivity index (χ2v) is 6.13. The summed E-state index contributed by atoms with van der Waals surface area (Å²) in [5, 5.41) is 3.91. The fraction of sp³-hybridized carbons (Fsp3) is 0.471. The van der Waals surface area contributed by atoms with E-state index in [1.807, 2.05) is 36.1 Å². The predicted molar refractivity (Wildman–Crippen MR) is 96.2 cm³/mol. The van der Waals surface area contributed by atoms with Gasteiger partial charge in [-0.2, -0.15) is 4.98 Å². The molecule has 0 unspecified atom stereocenters. The lowest BCUT2D eigenvalue weighted by molar-refractivity contribution is -0.132. The number of nitrogens with two attached hydrogens (primary N) is 1. The minimum atomic E-state index is 0. The zero-order valence-corrected chi connectivity index (χ0v) is 15.2. The average Bonchev–Trinajstić information content (AvgIpc) is 3.05. The number of amides is 1. The number of hydrogen-bond donors (Lipinski definition) is 1. The van der Waals surface area contributed by atoms with E-state index < -0.39 is 0 Å². The Labute approximate surface area is 153 Å². The standard InChI is InChI=1S/C17H23N5O2.ClH/c1-13-2-4-14(5-3-13)10-17(23)22-8-6-21(7-9-22)12-15-19-16(11-18)24-20-15;/h2-5H,6-12,18H2,1H3;1H. The van der Waals surface area contributed by atoms with E-state index in [4.69, 9.17) is 10.3 Å². The van der Waals surface area contributed by atoms with Gasteiger partial charge in [0, 0.05) is 26.2 Å². The molecule has 0 radical (unpaired) electrons. The smallest absolute Gasteiger partial charge is 0.240 e. The van der Waals surface area contributed by atoms with Crippen LogP contribution in [0.25, 0.3) is 0 Å². The fourth-order valence-corrected chi connectivity index (χ4v) is 2.79. The van der Waals surface area contributed by atoms with E-state index in [-0.39, 0.29) is 24.9 Å². The molecule has 136 valence electrons. The van der Waals surface area contributed by atoms with E-state index in [0.717, 1.165) is 31.7 Å². The van der Waals surface area contributed by atoms with Crippen LogP contribution >= 0.6 is 12.4 Å². The molecule has 1 amide bonds. The van der Waals surface area contributed by atoms with E-state index in [9.17, 15) is 4.79 Å². The van der Waals surface area contributed by atoms with Crippen molar-refractivity contribution in [3.05, 3.63) is 47.1 Å². The number of carbonyl (C=O) groups is 1. The number of benzene rings is 1. The van der Waals surface area contributed by atoms with Gasteiger partial charge in [0.15, 0.2) is 5.82 Å². The van der Waals surface area contributed by atoms with Gasteiger partial charge in [-0.05, 0) is 12.5 Å². The summed E-state index contributed by atoms with van der Waals surface area (Å²) in [6.45, 7) is 6.01. The summed E-state index contributed by atoms with van der Waals surface area (Å²) in [6.07, 6.45) is 0.463. The van der Waals surface area contributed by atoms with Crippen LogP contribution in [0.3, 0.4) is 0 Å². The van der Waals surface area contributed by atoms with Crippen molar-refractivity contribution in [2.24, 2.45) is 5.73 Å². The second kappa shape index (κ2) is 8.94. The molecule has 0 aliphatic carbocycles. The summed E-state index contributed by atoms with van der Waals surface area (Å²) in [4.78, 5) is 20.8. The van der Waals surface area contributed by atoms with Gasteiger partial charge >= 0.3 is 0 Å². The van der Waals surface area contributed by atoms with Crippen LogP contribution in [0.2, 0.25) is 0 Å². The SMILES string of the molecule is Cc1ccc(CC(=O)N2CCN(Cc3noc(CN)n3)CC2)cc1.Cl. The van der Waals surface area contributed by atoms with Gasteiger partial charge in [-0.25, -0.2) is 0 Å². The fourth-order valence-electron chi connectivity index (χ4n) is 2.79. The third-order valence-electron chi connectivity index (χ3n) is 4.25. The van der Waals surface area contributed by atoms with Crippen LogP contribution in [0, 0.1) is 6.92 Å². The van der Waals surface area contributed by atoms with Crippen LogP contribution in [0.4, 0.5) is 0 Å². The largest absolute Gasteiger partial charge is 0.340 e. The molecule has 7 nitrogen and oxygen atoms in total. The lowest BCUT2D eigenvalue weighted by Gasteiger charge is -2.34. The number of hydrogen-bond acceptors (Lipinski definition) is 6. The highest BCUT2D eigenvalue weighted by molar-refractivity contribution is 5.85. The number of aromatic nitrogens is 2. The zero-order valence-electron chi connectivity index (χ0n) is 14.4. The lowest BCUT2D eigenvalue weighted by atomic mass is 10.1. The van der Waals surface area contributed by atoms with Crippen molar-refractivity contribution < 1.29 is 9.32 Å². The van der Waals surface area contributed by atoms with Gasteiger partial charge in [-0.15, -0.1) is 12.4 Å². The van der Waals surface area contributed by atoms with Crippen LogP contribution in [-0.4, -0.2) is 52.0 Å². The first-order valence-electron chi connectivity index (χ1n) is 8.21. The van der Waals surface area contributed by atoms with E-state index >= 15 is 0 Å². The maximum atomic E-state index is 12.4. The highest BCUT2D eigenvalue weighted by atomic mass is 35.5. The molecule has 0 bridgehead atoms. The third kappa shape index (κ3) is 5.26. The van der Waals surface area contributed by atoms with Crippen molar-refractivity contribution in [1.29, 1.82) is 0 Å². The Bertz CT molecular complexity index is 681. The summed E-state index contributed by atoms with van der Waals surface area (Å²) in [5.74, 6) is 1.29. The number of carbonyl (C=O) groups excluding carboxylic acids is 1. The van der Waals surface area contributed by atoms with Crippen molar-refractivity contribution >= 4 is 18.3 Å². The molecular formula is C17H24ClN5O2. The quantitative estimate of drug-likeness (QED) is 0.854. The molecule has 1 aliphatic rings. The van der Waals surface area contributed by atoms with Crippen molar-refractivity contribution in [3.8, 4) is 0 Å². The molecule has 0 atom stereocenters. The predicted octanol–water partition coefficient (Wildman–Crippen LogP) is 1.15. The van der Waals surface area contributed by atoms with E-state index in [2.05, 4.69) is 15.0 Å². The molecular weight excluding hydrogens is 342 g/mol. The first kappa shape index (κ1) is 19.4. The molecule has 1 aromatic carbocycles. The van der Waals surface area contributed by atoms with Crippen LogP contribution in [0.15, 0.2) is 28.8 Å². The van der Waals surface area contributed by atoms with Crippen LogP contribution in [0.5, 0.6) is 0 Å². The molecule has 2 heterocycles. The van der Waals surface area contributed by atoms with Crippen molar-refractivity contribution in [2.45, 2.75) is 26.4 Å². The van der Waals surface area contributed by atoms with Crippen molar-refractivity contribution in [3.63, 3.8) is 0 Å². The van der Waals surface area contributed by atoms with Crippen molar-refractivity contribution in [1.82, 2.24) is 19.9 Å². The second-order valence-electron chi connectivity index (χ2n) is 6.13. The van der Waals surface area contributed by atoms with Gasteiger partial charge in [0.2, 0.25) is 11.8 Å². The maximum absolute atomic E-state index is 12.4. The number of aryl methyl sites for hydroxylation is 1. The molecule has 3 rings (SSSR count). The summed E-state index contributed by atoms with van der Waals surface area (Å²) in [5.41, 5.74) is 7.74. The van der Waals surface area contributed by atoms with Gasteiger partial charge in [0.05, 0.1) is 19.5 Å². The molecule has 2 aromatic rings. The molecule has 1 aromatic heterocycles. The summed E-state index contributed by atoms with van der Waals surface area (Å²) < 4.78 is 5.01. The molecule has 1 fully saturated rings. The monoisotopic (exact) mass is 365 g/mol. The average molecular weight is 366 g/mol. The summed E-state index contributed by atoms with van der Waals surface area (Å²) >= 11 is 0. The van der Waals surface area contributed by atoms with Crippen LogP contribution in [0.1, 0.15) is 22.8 Å². The van der Waals surface area contributed by atoms with E-state index in [0.29, 0.717) is 24.7 Å².